The largest absolute Gasteiger partial charge is 0.467 e. The van der Waals surface area contributed by atoms with Gasteiger partial charge in [-0.1, -0.05) is 20.8 Å². The van der Waals surface area contributed by atoms with Crippen molar-refractivity contribution in [2.75, 3.05) is 59.1 Å². The minimum atomic E-state index is -0.542. The van der Waals surface area contributed by atoms with Crippen molar-refractivity contribution >= 4 is 11.8 Å². The molecule has 8 heteroatoms. The quantitative estimate of drug-likeness (QED) is 0.546. The number of ether oxygens (including phenoxy) is 2. The summed E-state index contributed by atoms with van der Waals surface area (Å²) in [6.45, 7) is 12.3. The number of rotatable bonds is 10. The maximum Gasteiger partial charge on any atom is 0.242 e. The zero-order valence-electron chi connectivity index (χ0n) is 19.9. The molecule has 2 amide bonds. The Labute approximate surface area is 191 Å². The van der Waals surface area contributed by atoms with E-state index in [1.54, 1.807) is 16.1 Å². The molecule has 2 aliphatic rings. The smallest absolute Gasteiger partial charge is 0.242 e. The molecule has 3 rings (SSSR count). The monoisotopic (exact) mass is 449 g/mol. The molecule has 1 aromatic rings. The Balaban J connectivity index is 1.63. The van der Waals surface area contributed by atoms with Gasteiger partial charge in [0.1, 0.15) is 5.76 Å². The third kappa shape index (κ3) is 7.60. The van der Waals surface area contributed by atoms with Crippen LogP contribution in [0.2, 0.25) is 0 Å². The second-order valence-corrected chi connectivity index (χ2v) is 9.77. The summed E-state index contributed by atoms with van der Waals surface area (Å²) >= 11 is 0. The number of furan rings is 1. The lowest BCUT2D eigenvalue weighted by atomic mass is 9.94. The van der Waals surface area contributed by atoms with Crippen LogP contribution in [0.25, 0.3) is 0 Å². The van der Waals surface area contributed by atoms with Crippen LogP contribution in [0.15, 0.2) is 22.8 Å². The summed E-state index contributed by atoms with van der Waals surface area (Å²) in [7, 11) is 0. The van der Waals surface area contributed by atoms with Crippen LogP contribution in [-0.2, 0) is 25.6 Å². The first-order valence-corrected chi connectivity index (χ1v) is 11.8. The van der Waals surface area contributed by atoms with Crippen LogP contribution in [-0.4, -0.2) is 91.7 Å². The van der Waals surface area contributed by atoms with E-state index in [1.165, 1.54) is 0 Å². The van der Waals surface area contributed by atoms with E-state index >= 15 is 0 Å². The van der Waals surface area contributed by atoms with Crippen LogP contribution in [0.5, 0.6) is 0 Å². The van der Waals surface area contributed by atoms with E-state index in [4.69, 9.17) is 13.9 Å². The van der Waals surface area contributed by atoms with Gasteiger partial charge < -0.3 is 23.7 Å². The molecular weight excluding hydrogens is 410 g/mol. The molecular formula is C24H39N3O5. The van der Waals surface area contributed by atoms with Gasteiger partial charge in [0.2, 0.25) is 11.8 Å². The number of nitrogens with zero attached hydrogens (tertiary/aromatic N) is 3. The van der Waals surface area contributed by atoms with Crippen LogP contribution < -0.4 is 0 Å². The number of hydrogen-bond donors (Lipinski definition) is 0. The Morgan fingerprint density at radius 3 is 2.56 bits per heavy atom. The normalized spacial score (nSPS) is 19.8. The van der Waals surface area contributed by atoms with Crippen molar-refractivity contribution in [1.82, 2.24) is 14.7 Å². The number of carbonyl (C=O) groups is 2. The van der Waals surface area contributed by atoms with Gasteiger partial charge in [-0.15, -0.1) is 0 Å². The van der Waals surface area contributed by atoms with Gasteiger partial charge in [0.15, 0.2) is 0 Å². The van der Waals surface area contributed by atoms with Gasteiger partial charge in [-0.25, -0.2) is 0 Å². The van der Waals surface area contributed by atoms with Gasteiger partial charge in [-0.3, -0.25) is 14.5 Å². The van der Waals surface area contributed by atoms with E-state index in [9.17, 15) is 9.59 Å². The maximum atomic E-state index is 13.4. The first-order valence-electron chi connectivity index (χ1n) is 11.8. The van der Waals surface area contributed by atoms with E-state index in [-0.39, 0.29) is 24.5 Å². The summed E-state index contributed by atoms with van der Waals surface area (Å²) < 4.78 is 16.7. The fraction of sp³-hybridized carbons (Fsp3) is 0.750. The lowest BCUT2D eigenvalue weighted by molar-refractivity contribution is -0.146. The van der Waals surface area contributed by atoms with Gasteiger partial charge in [0.25, 0.3) is 0 Å². The average molecular weight is 450 g/mol. The summed E-state index contributed by atoms with van der Waals surface area (Å²) in [6, 6.07) is 3.70. The van der Waals surface area contributed by atoms with E-state index in [0.717, 1.165) is 64.5 Å². The molecule has 32 heavy (non-hydrogen) atoms. The molecule has 180 valence electrons. The molecule has 0 N–H and O–H groups in total. The highest BCUT2D eigenvalue weighted by atomic mass is 16.5. The van der Waals surface area contributed by atoms with Crippen LogP contribution in [0.4, 0.5) is 0 Å². The zero-order chi connectivity index (χ0) is 23.0. The zero-order valence-corrected chi connectivity index (χ0v) is 19.9. The third-order valence-electron chi connectivity index (χ3n) is 5.99. The fourth-order valence-electron chi connectivity index (χ4n) is 4.18. The van der Waals surface area contributed by atoms with Crippen molar-refractivity contribution in [2.24, 2.45) is 5.41 Å². The van der Waals surface area contributed by atoms with Crippen LogP contribution in [0.1, 0.15) is 45.8 Å². The number of hydrogen-bond acceptors (Lipinski definition) is 6. The SMILES string of the molecule is CC(C)(C)C(=O)N(CCCN1CCOCC1)CC(=O)N(Cc1ccco1)CC1CCCO1. The highest BCUT2D eigenvalue weighted by Gasteiger charge is 2.31. The molecule has 0 radical (unpaired) electrons. The predicted molar refractivity (Wildman–Crippen MR) is 121 cm³/mol. The lowest BCUT2D eigenvalue weighted by Gasteiger charge is -2.33. The molecule has 1 unspecified atom stereocenters. The maximum absolute atomic E-state index is 13.4. The van der Waals surface area contributed by atoms with Gasteiger partial charge in [-0.05, 0) is 31.4 Å². The molecule has 1 aromatic heterocycles. The molecule has 2 fully saturated rings. The summed E-state index contributed by atoms with van der Waals surface area (Å²) in [6.07, 6.45) is 4.46. The van der Waals surface area contributed by atoms with Crippen molar-refractivity contribution in [1.29, 1.82) is 0 Å². The number of carbonyl (C=O) groups excluding carboxylic acids is 2. The molecule has 0 saturated carbocycles. The molecule has 3 heterocycles. The molecule has 0 aromatic carbocycles. The standard InChI is InChI=1S/C24H39N3O5/c1-24(2,3)23(29)26(10-6-9-25-11-15-30-16-12-25)19-22(28)27(17-20-7-4-13-31-20)18-21-8-5-14-32-21/h4,7,13,21H,5-6,8-12,14-19H2,1-3H3. The van der Waals surface area contributed by atoms with Gasteiger partial charge in [-0.2, -0.15) is 0 Å². The Hall–Kier alpha value is -1.90. The fourth-order valence-corrected chi connectivity index (χ4v) is 4.18. The van der Waals surface area contributed by atoms with Gasteiger partial charge >= 0.3 is 0 Å². The van der Waals surface area contributed by atoms with Crippen molar-refractivity contribution in [2.45, 2.75) is 52.7 Å². The van der Waals surface area contributed by atoms with Crippen LogP contribution in [0.3, 0.4) is 0 Å². The minimum Gasteiger partial charge on any atom is -0.467 e. The topological polar surface area (TPSA) is 75.5 Å². The van der Waals surface area contributed by atoms with E-state index in [1.807, 2.05) is 32.9 Å². The summed E-state index contributed by atoms with van der Waals surface area (Å²) in [5.74, 6) is 0.668. The Kier molecular flexibility index (Phi) is 9.13. The highest BCUT2D eigenvalue weighted by Crippen LogP contribution is 2.20. The van der Waals surface area contributed by atoms with Gasteiger partial charge in [0, 0.05) is 44.7 Å². The van der Waals surface area contributed by atoms with Crippen LogP contribution >= 0.6 is 0 Å². The van der Waals surface area contributed by atoms with Crippen LogP contribution in [0, 0.1) is 5.41 Å². The third-order valence-corrected chi connectivity index (χ3v) is 5.99. The second kappa shape index (κ2) is 11.8. The summed E-state index contributed by atoms with van der Waals surface area (Å²) in [4.78, 5) is 32.4. The lowest BCUT2D eigenvalue weighted by Crippen LogP contribution is -2.48. The molecule has 2 saturated heterocycles. The van der Waals surface area contributed by atoms with Crippen molar-refractivity contribution in [3.8, 4) is 0 Å². The average Bonchev–Trinajstić information content (AvgIpc) is 3.46. The molecule has 8 nitrogen and oxygen atoms in total. The first-order chi connectivity index (χ1) is 15.3. The minimum absolute atomic E-state index is 0.00268. The van der Waals surface area contributed by atoms with E-state index in [0.29, 0.717) is 19.6 Å². The van der Waals surface area contributed by atoms with Gasteiger partial charge in [0.05, 0.1) is 38.7 Å². The van der Waals surface area contributed by atoms with Crippen molar-refractivity contribution in [3.05, 3.63) is 24.2 Å². The molecule has 2 aliphatic heterocycles. The Morgan fingerprint density at radius 1 is 1.16 bits per heavy atom. The van der Waals surface area contributed by atoms with Crippen molar-refractivity contribution < 1.29 is 23.5 Å². The summed E-state index contributed by atoms with van der Waals surface area (Å²) in [5, 5.41) is 0. The molecule has 0 spiro atoms. The predicted octanol–water partition coefficient (Wildman–Crippen LogP) is 2.38. The highest BCUT2D eigenvalue weighted by molar-refractivity contribution is 5.87. The van der Waals surface area contributed by atoms with Crippen molar-refractivity contribution in [3.63, 3.8) is 0 Å². The van der Waals surface area contributed by atoms with E-state index < -0.39 is 5.41 Å². The Morgan fingerprint density at radius 2 is 1.94 bits per heavy atom. The number of morpholine rings is 1. The molecule has 0 aliphatic carbocycles. The summed E-state index contributed by atoms with van der Waals surface area (Å²) in [5.41, 5.74) is -0.542. The Bertz CT molecular complexity index is 704. The number of amides is 2. The molecule has 0 bridgehead atoms. The van der Waals surface area contributed by atoms with E-state index in [2.05, 4.69) is 4.90 Å². The first kappa shape index (κ1) is 24.7. The second-order valence-electron chi connectivity index (χ2n) is 9.77. The molecule has 1 atom stereocenters.